The van der Waals surface area contributed by atoms with Crippen molar-refractivity contribution in [2.24, 2.45) is 0 Å². The molecule has 0 saturated carbocycles. The van der Waals surface area contributed by atoms with E-state index in [1.54, 1.807) is 12.1 Å². The quantitative estimate of drug-likeness (QED) is 0.475. The number of carbonyl (C=O) groups is 1. The van der Waals surface area contributed by atoms with Crippen LogP contribution in [0.5, 0.6) is 11.6 Å². The number of aromatic nitrogens is 2. The number of nitrogen functional groups attached to an aromatic ring is 1. The number of hydrogen-bond donors (Lipinski definition) is 3. The first kappa shape index (κ1) is 17.3. The number of aromatic carboxylic acids is 1. The molecule has 3 aromatic carbocycles. The second-order valence-electron chi connectivity index (χ2n) is 6.06. The molecule has 0 saturated heterocycles. The summed E-state index contributed by atoms with van der Waals surface area (Å²) in [5, 5.41) is 14.2. The van der Waals surface area contributed by atoms with Crippen LogP contribution in [0.3, 0.4) is 0 Å². The molecule has 0 aliphatic carbocycles. The summed E-state index contributed by atoms with van der Waals surface area (Å²) in [7, 11) is 0. The Balaban J connectivity index is 1.58. The van der Waals surface area contributed by atoms with E-state index in [-0.39, 0.29) is 17.1 Å². The Hall–Kier alpha value is -4.13. The molecule has 0 aliphatic heterocycles. The van der Waals surface area contributed by atoms with Gasteiger partial charge in [0.2, 0.25) is 5.88 Å². The summed E-state index contributed by atoms with van der Waals surface area (Å²) < 4.78 is 5.85. The maximum atomic E-state index is 10.9. The standard InChI is InChI=1S/C21H16N4O3/c22-18-19(25-16-8-5-14(6-9-16)21(26)27)23-12-24-20(18)28-17-10-7-13-3-1-2-4-15(13)11-17/h1-12H,22H2,(H,26,27)(H,23,24,25). The van der Waals surface area contributed by atoms with Crippen molar-refractivity contribution >= 4 is 33.9 Å². The van der Waals surface area contributed by atoms with Gasteiger partial charge in [-0.2, -0.15) is 4.98 Å². The first-order valence-corrected chi connectivity index (χ1v) is 8.48. The lowest BCUT2D eigenvalue weighted by Crippen LogP contribution is -2.03. The summed E-state index contributed by atoms with van der Waals surface area (Å²) in [5.41, 5.74) is 7.25. The van der Waals surface area contributed by atoms with Gasteiger partial charge in [-0.25, -0.2) is 9.78 Å². The third-order valence-corrected chi connectivity index (χ3v) is 4.18. The lowest BCUT2D eigenvalue weighted by molar-refractivity contribution is 0.0697. The minimum absolute atomic E-state index is 0.196. The number of ether oxygens (including phenoxy) is 1. The van der Waals surface area contributed by atoms with Gasteiger partial charge in [0.05, 0.1) is 5.56 Å². The van der Waals surface area contributed by atoms with Crippen LogP contribution in [0.25, 0.3) is 10.8 Å². The Bertz CT molecular complexity index is 1160. The number of carboxylic acid groups (broad SMARTS) is 1. The molecule has 0 atom stereocenters. The first-order chi connectivity index (χ1) is 13.6. The third-order valence-electron chi connectivity index (χ3n) is 4.18. The van der Waals surface area contributed by atoms with Crippen LogP contribution in [0.2, 0.25) is 0 Å². The Morgan fingerprint density at radius 1 is 0.964 bits per heavy atom. The van der Waals surface area contributed by atoms with E-state index in [0.717, 1.165) is 10.8 Å². The van der Waals surface area contributed by atoms with Gasteiger partial charge in [0, 0.05) is 5.69 Å². The van der Waals surface area contributed by atoms with Gasteiger partial charge in [-0.05, 0) is 47.2 Å². The molecule has 4 rings (SSSR count). The molecule has 0 radical (unpaired) electrons. The summed E-state index contributed by atoms with van der Waals surface area (Å²) in [6.45, 7) is 0. The van der Waals surface area contributed by atoms with Gasteiger partial charge in [-0.3, -0.25) is 0 Å². The fourth-order valence-corrected chi connectivity index (χ4v) is 2.74. The molecule has 138 valence electrons. The van der Waals surface area contributed by atoms with E-state index in [1.807, 2.05) is 42.5 Å². The van der Waals surface area contributed by atoms with Gasteiger partial charge in [0.1, 0.15) is 17.8 Å². The molecule has 0 aliphatic rings. The van der Waals surface area contributed by atoms with Crippen LogP contribution >= 0.6 is 0 Å². The largest absolute Gasteiger partial charge is 0.478 e. The highest BCUT2D eigenvalue weighted by atomic mass is 16.5. The summed E-state index contributed by atoms with van der Waals surface area (Å²) in [6, 6.07) is 19.9. The van der Waals surface area contributed by atoms with Gasteiger partial charge in [0.15, 0.2) is 5.82 Å². The van der Waals surface area contributed by atoms with E-state index in [9.17, 15) is 4.79 Å². The average Bonchev–Trinajstić information content (AvgIpc) is 2.71. The molecule has 0 amide bonds. The highest BCUT2D eigenvalue weighted by molar-refractivity contribution is 5.88. The zero-order valence-corrected chi connectivity index (χ0v) is 14.7. The van der Waals surface area contributed by atoms with Crippen molar-refractivity contribution in [1.29, 1.82) is 0 Å². The van der Waals surface area contributed by atoms with Gasteiger partial charge < -0.3 is 20.9 Å². The zero-order chi connectivity index (χ0) is 19.5. The van der Waals surface area contributed by atoms with Gasteiger partial charge in [-0.1, -0.05) is 30.3 Å². The molecule has 28 heavy (non-hydrogen) atoms. The number of nitrogens with one attached hydrogen (secondary N) is 1. The number of anilines is 3. The normalized spacial score (nSPS) is 10.6. The van der Waals surface area contributed by atoms with E-state index < -0.39 is 5.97 Å². The molecule has 7 heteroatoms. The van der Waals surface area contributed by atoms with Crippen LogP contribution in [0, 0.1) is 0 Å². The topological polar surface area (TPSA) is 110 Å². The van der Waals surface area contributed by atoms with E-state index in [0.29, 0.717) is 17.3 Å². The van der Waals surface area contributed by atoms with Crippen molar-refractivity contribution in [3.05, 3.63) is 78.6 Å². The molecule has 0 fully saturated rings. The lowest BCUT2D eigenvalue weighted by atomic mass is 10.1. The smallest absolute Gasteiger partial charge is 0.335 e. The van der Waals surface area contributed by atoms with Crippen molar-refractivity contribution in [1.82, 2.24) is 9.97 Å². The SMILES string of the molecule is Nc1c(Nc2ccc(C(=O)O)cc2)ncnc1Oc1ccc2ccccc2c1. The number of carboxylic acids is 1. The molecular formula is C21H16N4O3. The minimum Gasteiger partial charge on any atom is -0.478 e. The average molecular weight is 372 g/mol. The van der Waals surface area contributed by atoms with Crippen LogP contribution in [0.4, 0.5) is 17.2 Å². The number of nitrogens with zero attached hydrogens (tertiary/aromatic N) is 2. The highest BCUT2D eigenvalue weighted by Crippen LogP contribution is 2.32. The summed E-state index contributed by atoms with van der Waals surface area (Å²) in [6.07, 6.45) is 1.35. The van der Waals surface area contributed by atoms with Crippen molar-refractivity contribution < 1.29 is 14.6 Å². The highest BCUT2D eigenvalue weighted by Gasteiger charge is 2.11. The number of nitrogens with two attached hydrogens (primary N) is 1. The maximum absolute atomic E-state index is 10.9. The van der Waals surface area contributed by atoms with Gasteiger partial charge >= 0.3 is 5.97 Å². The molecule has 7 nitrogen and oxygen atoms in total. The molecule has 1 heterocycles. The Morgan fingerprint density at radius 2 is 1.71 bits per heavy atom. The van der Waals surface area contributed by atoms with Crippen LogP contribution in [-0.2, 0) is 0 Å². The molecule has 0 bridgehead atoms. The Labute approximate surface area is 160 Å². The van der Waals surface area contributed by atoms with Crippen molar-refractivity contribution in [3.8, 4) is 11.6 Å². The van der Waals surface area contributed by atoms with E-state index in [1.165, 1.54) is 18.5 Å². The minimum atomic E-state index is -0.987. The molecule has 0 spiro atoms. The maximum Gasteiger partial charge on any atom is 0.335 e. The van der Waals surface area contributed by atoms with Crippen molar-refractivity contribution in [2.45, 2.75) is 0 Å². The second kappa shape index (κ2) is 7.24. The number of rotatable bonds is 5. The predicted molar refractivity (Wildman–Crippen MR) is 107 cm³/mol. The predicted octanol–water partition coefficient (Wildman–Crippen LogP) is 4.45. The fraction of sp³-hybridized carbons (Fsp3) is 0. The summed E-state index contributed by atoms with van der Waals surface area (Å²) >= 11 is 0. The number of benzene rings is 3. The monoisotopic (exact) mass is 372 g/mol. The summed E-state index contributed by atoms with van der Waals surface area (Å²) in [5.74, 6) is 0.226. The molecule has 4 aromatic rings. The second-order valence-corrected chi connectivity index (χ2v) is 6.06. The Morgan fingerprint density at radius 3 is 2.46 bits per heavy atom. The van der Waals surface area contributed by atoms with Crippen molar-refractivity contribution in [3.63, 3.8) is 0 Å². The molecule has 0 unspecified atom stereocenters. The number of hydrogen-bond acceptors (Lipinski definition) is 6. The van der Waals surface area contributed by atoms with E-state index in [2.05, 4.69) is 15.3 Å². The molecule has 4 N–H and O–H groups in total. The molecular weight excluding hydrogens is 356 g/mol. The summed E-state index contributed by atoms with van der Waals surface area (Å²) in [4.78, 5) is 19.2. The zero-order valence-electron chi connectivity index (χ0n) is 14.7. The van der Waals surface area contributed by atoms with E-state index >= 15 is 0 Å². The van der Waals surface area contributed by atoms with Crippen LogP contribution in [0.15, 0.2) is 73.1 Å². The van der Waals surface area contributed by atoms with E-state index in [4.69, 9.17) is 15.6 Å². The van der Waals surface area contributed by atoms with Crippen LogP contribution in [0.1, 0.15) is 10.4 Å². The van der Waals surface area contributed by atoms with Crippen molar-refractivity contribution in [2.75, 3.05) is 11.1 Å². The lowest BCUT2D eigenvalue weighted by Gasteiger charge is -2.12. The van der Waals surface area contributed by atoms with Gasteiger partial charge in [-0.15, -0.1) is 0 Å². The fourth-order valence-electron chi connectivity index (χ4n) is 2.74. The Kier molecular flexibility index (Phi) is 4.47. The van der Waals surface area contributed by atoms with Crippen LogP contribution < -0.4 is 15.8 Å². The molecule has 1 aromatic heterocycles. The first-order valence-electron chi connectivity index (χ1n) is 8.48. The van der Waals surface area contributed by atoms with Gasteiger partial charge in [0.25, 0.3) is 0 Å². The number of fused-ring (bicyclic) bond motifs is 1. The third kappa shape index (κ3) is 3.54. The van der Waals surface area contributed by atoms with Crippen LogP contribution in [-0.4, -0.2) is 21.0 Å².